The molecule has 24 heavy (non-hydrogen) atoms. The zero-order chi connectivity index (χ0) is 17.3. The van der Waals surface area contributed by atoms with Gasteiger partial charge in [0.25, 0.3) is 5.91 Å². The van der Waals surface area contributed by atoms with Gasteiger partial charge in [-0.05, 0) is 12.1 Å². The number of carbonyl (C=O) groups excluding carboxylic acids is 2. The number of aliphatic carboxylic acids is 1. The Hall–Kier alpha value is -2.19. The van der Waals surface area contributed by atoms with Crippen LogP contribution in [0.25, 0.3) is 0 Å². The van der Waals surface area contributed by atoms with Gasteiger partial charge in [-0.3, -0.25) is 14.5 Å². The molecule has 2 aliphatic heterocycles. The topological polar surface area (TPSA) is 98.7 Å². The number of fused-ring (bicyclic) bond motifs is 1. The number of halogens is 1. The highest BCUT2D eigenvalue weighted by Crippen LogP contribution is 2.41. The van der Waals surface area contributed by atoms with Crippen LogP contribution in [0, 0.1) is 0 Å². The van der Waals surface area contributed by atoms with E-state index in [0.29, 0.717) is 5.75 Å². The van der Waals surface area contributed by atoms with Crippen molar-refractivity contribution in [1.29, 1.82) is 0 Å². The first-order chi connectivity index (χ1) is 11.5. The van der Waals surface area contributed by atoms with E-state index < -0.39 is 23.3 Å². The largest absolute Gasteiger partial charge is 0.477 e. The van der Waals surface area contributed by atoms with Crippen LogP contribution in [0.4, 0.5) is 5.69 Å². The number of hydrogen-bond donors (Lipinski definition) is 3. The highest BCUT2D eigenvalue weighted by molar-refractivity contribution is 8.00. The number of nitrogens with one attached hydrogen (secondary N) is 2. The molecule has 2 heterocycles. The van der Waals surface area contributed by atoms with E-state index in [0.717, 1.165) is 10.6 Å². The Morgan fingerprint density at radius 2 is 2.04 bits per heavy atom. The summed E-state index contributed by atoms with van der Waals surface area (Å²) in [6.07, 6.45) is 0. The summed E-state index contributed by atoms with van der Waals surface area (Å²) >= 11 is 7.22. The SMILES string of the molecule is O=C(CNc1ccccc1)NC1C(=O)N2C(C(=O)O)=C(Cl)CS[C@@H]12. The van der Waals surface area contributed by atoms with Crippen molar-refractivity contribution in [3.63, 3.8) is 0 Å². The van der Waals surface area contributed by atoms with E-state index in [9.17, 15) is 19.5 Å². The third-order valence-corrected chi connectivity index (χ3v) is 5.42. The van der Waals surface area contributed by atoms with E-state index in [1.807, 2.05) is 30.3 Å². The van der Waals surface area contributed by atoms with Gasteiger partial charge in [0, 0.05) is 11.4 Å². The third kappa shape index (κ3) is 3.07. The minimum Gasteiger partial charge on any atom is -0.477 e. The normalized spacial score (nSPS) is 22.5. The van der Waals surface area contributed by atoms with Gasteiger partial charge in [-0.1, -0.05) is 29.8 Å². The number of carboxylic acid groups (broad SMARTS) is 1. The molecule has 0 spiro atoms. The molecule has 0 bridgehead atoms. The van der Waals surface area contributed by atoms with Gasteiger partial charge >= 0.3 is 5.97 Å². The highest BCUT2D eigenvalue weighted by Gasteiger charge is 2.54. The molecule has 0 aliphatic carbocycles. The van der Waals surface area contributed by atoms with Crippen LogP contribution in [0.2, 0.25) is 0 Å². The van der Waals surface area contributed by atoms with Crippen molar-refractivity contribution in [2.24, 2.45) is 0 Å². The number of carboxylic acids is 1. The molecule has 2 aliphatic rings. The molecule has 2 atom stereocenters. The van der Waals surface area contributed by atoms with Gasteiger partial charge in [0.2, 0.25) is 5.91 Å². The number of hydrogen-bond acceptors (Lipinski definition) is 5. The van der Waals surface area contributed by atoms with Gasteiger partial charge in [-0.2, -0.15) is 0 Å². The minimum atomic E-state index is -1.24. The fourth-order valence-electron chi connectivity index (χ4n) is 2.54. The zero-order valence-electron chi connectivity index (χ0n) is 12.4. The third-order valence-electron chi connectivity index (χ3n) is 3.67. The molecule has 3 N–H and O–H groups in total. The Bertz CT molecular complexity index is 725. The molecule has 3 rings (SSSR count). The van der Waals surface area contributed by atoms with Gasteiger partial charge < -0.3 is 15.7 Å². The predicted octanol–water partition coefficient (Wildman–Crippen LogP) is 1.03. The molecule has 2 amide bonds. The van der Waals surface area contributed by atoms with Crippen molar-refractivity contribution in [3.8, 4) is 0 Å². The van der Waals surface area contributed by atoms with Crippen molar-refractivity contribution in [1.82, 2.24) is 10.2 Å². The molecule has 1 aromatic carbocycles. The Labute approximate surface area is 147 Å². The van der Waals surface area contributed by atoms with E-state index in [4.69, 9.17) is 11.6 Å². The van der Waals surface area contributed by atoms with Crippen LogP contribution >= 0.6 is 23.4 Å². The van der Waals surface area contributed by atoms with Gasteiger partial charge in [0.15, 0.2) is 0 Å². The summed E-state index contributed by atoms with van der Waals surface area (Å²) < 4.78 is 0. The fraction of sp³-hybridized carbons (Fsp3) is 0.267. The number of amides is 2. The second-order valence-electron chi connectivity index (χ2n) is 5.23. The molecular formula is C15H14ClN3O4S. The molecule has 126 valence electrons. The zero-order valence-corrected chi connectivity index (χ0v) is 13.9. The van der Waals surface area contributed by atoms with Crippen molar-refractivity contribution < 1.29 is 19.5 Å². The molecule has 1 fully saturated rings. The van der Waals surface area contributed by atoms with Crippen LogP contribution < -0.4 is 10.6 Å². The number of β-lactam (4-membered cyclic amide) rings is 1. The van der Waals surface area contributed by atoms with Crippen molar-refractivity contribution in [2.45, 2.75) is 11.4 Å². The van der Waals surface area contributed by atoms with E-state index in [2.05, 4.69) is 10.6 Å². The second kappa shape index (κ2) is 6.74. The van der Waals surface area contributed by atoms with Crippen molar-refractivity contribution in [3.05, 3.63) is 41.1 Å². The quantitative estimate of drug-likeness (QED) is 0.672. The Morgan fingerprint density at radius 1 is 1.33 bits per heavy atom. The predicted molar refractivity (Wildman–Crippen MR) is 90.5 cm³/mol. The summed E-state index contributed by atoms with van der Waals surface area (Å²) in [5.41, 5.74) is 0.599. The van der Waals surface area contributed by atoms with Crippen LogP contribution in [0.3, 0.4) is 0 Å². The van der Waals surface area contributed by atoms with E-state index in [1.165, 1.54) is 11.8 Å². The minimum absolute atomic E-state index is 0.0214. The average molecular weight is 368 g/mol. The van der Waals surface area contributed by atoms with Crippen LogP contribution in [0.15, 0.2) is 41.1 Å². The molecule has 1 aromatic rings. The molecule has 9 heteroatoms. The van der Waals surface area contributed by atoms with Crippen LogP contribution in [0.5, 0.6) is 0 Å². The summed E-state index contributed by atoms with van der Waals surface area (Å²) in [7, 11) is 0. The van der Waals surface area contributed by atoms with Crippen molar-refractivity contribution in [2.75, 3.05) is 17.6 Å². The number of benzene rings is 1. The molecule has 0 aromatic heterocycles. The number of nitrogens with zero attached hydrogens (tertiary/aromatic N) is 1. The first-order valence-electron chi connectivity index (χ1n) is 7.14. The lowest BCUT2D eigenvalue weighted by Crippen LogP contribution is -2.70. The molecule has 1 unspecified atom stereocenters. The van der Waals surface area contributed by atoms with Crippen molar-refractivity contribution >= 4 is 46.8 Å². The summed E-state index contributed by atoms with van der Waals surface area (Å²) in [6, 6.07) is 8.47. The first-order valence-corrected chi connectivity index (χ1v) is 8.56. The van der Waals surface area contributed by atoms with Gasteiger partial charge in [-0.15, -0.1) is 11.8 Å². The molecule has 0 radical (unpaired) electrons. The Balaban J connectivity index is 1.59. The summed E-state index contributed by atoms with van der Waals surface area (Å²) in [6.45, 7) is 0.0214. The van der Waals surface area contributed by atoms with Crippen LogP contribution in [-0.2, 0) is 14.4 Å². The average Bonchev–Trinajstić information content (AvgIpc) is 2.58. The van der Waals surface area contributed by atoms with Crippen LogP contribution in [0.1, 0.15) is 0 Å². The number of thioether (sulfide) groups is 1. The monoisotopic (exact) mass is 367 g/mol. The Morgan fingerprint density at radius 3 is 2.71 bits per heavy atom. The fourth-order valence-corrected chi connectivity index (χ4v) is 4.09. The molecule has 7 nitrogen and oxygen atoms in total. The number of rotatable bonds is 5. The second-order valence-corrected chi connectivity index (χ2v) is 6.79. The lowest BCUT2D eigenvalue weighted by atomic mass is 10.1. The van der Waals surface area contributed by atoms with Gasteiger partial charge in [-0.25, -0.2) is 4.79 Å². The van der Waals surface area contributed by atoms with Gasteiger partial charge in [0.1, 0.15) is 17.1 Å². The summed E-state index contributed by atoms with van der Waals surface area (Å²) in [5, 5.41) is 14.5. The standard InChI is InChI=1S/C15H14ClN3O4S/c16-9-7-24-14-11(13(21)19(14)12(9)15(22)23)18-10(20)6-17-8-4-2-1-3-5-8/h1-5,11,14,17H,6-7H2,(H,18,20)(H,22,23)/t11?,14-/m0/s1. The van der Waals surface area contributed by atoms with Crippen LogP contribution in [-0.4, -0.2) is 51.5 Å². The smallest absolute Gasteiger partial charge is 0.353 e. The highest BCUT2D eigenvalue weighted by atomic mass is 35.5. The number of anilines is 1. The summed E-state index contributed by atoms with van der Waals surface area (Å²) in [4.78, 5) is 36.6. The van der Waals surface area contributed by atoms with E-state index in [1.54, 1.807) is 0 Å². The number of carbonyl (C=O) groups is 3. The maximum Gasteiger partial charge on any atom is 0.353 e. The molecule has 1 saturated heterocycles. The van der Waals surface area contributed by atoms with Gasteiger partial charge in [0.05, 0.1) is 11.6 Å². The maximum absolute atomic E-state index is 12.2. The maximum atomic E-state index is 12.2. The van der Waals surface area contributed by atoms with E-state index >= 15 is 0 Å². The molecular weight excluding hydrogens is 354 g/mol. The lowest BCUT2D eigenvalue weighted by Gasteiger charge is -2.48. The number of para-hydroxylation sites is 1. The Kier molecular flexibility index (Phi) is 4.68. The van der Waals surface area contributed by atoms with E-state index in [-0.39, 0.29) is 23.2 Å². The first kappa shape index (κ1) is 16.7. The molecule has 0 saturated carbocycles. The summed E-state index contributed by atoms with van der Waals surface area (Å²) in [5.74, 6) is -1.74. The lowest BCUT2D eigenvalue weighted by molar-refractivity contribution is -0.150.